The molecule has 0 bridgehead atoms. The van der Waals surface area contributed by atoms with E-state index in [0.29, 0.717) is 0 Å². The van der Waals surface area contributed by atoms with Gasteiger partial charge in [0.05, 0.1) is 0 Å². The van der Waals surface area contributed by atoms with Gasteiger partial charge in [-0.15, -0.1) is 0 Å². The molecule has 2 rings (SSSR count). The van der Waals surface area contributed by atoms with Crippen molar-refractivity contribution in [1.82, 2.24) is 0 Å². The van der Waals surface area contributed by atoms with E-state index >= 15 is 0 Å². The van der Waals surface area contributed by atoms with Gasteiger partial charge in [0.15, 0.2) is 0 Å². The van der Waals surface area contributed by atoms with E-state index in [1.807, 2.05) is 18.2 Å². The molecule has 0 aliphatic carbocycles. The van der Waals surface area contributed by atoms with Crippen LogP contribution in [-0.4, -0.2) is 0 Å². The number of hydrogen-bond acceptors (Lipinski definition) is 0. The van der Waals surface area contributed by atoms with Crippen molar-refractivity contribution in [2.45, 2.75) is 19.8 Å². The molecule has 0 amide bonds. The Kier molecular flexibility index (Phi) is 3.18. The summed E-state index contributed by atoms with van der Waals surface area (Å²) in [7, 11) is 0. The van der Waals surface area contributed by atoms with Gasteiger partial charge < -0.3 is 0 Å². The number of fused-ring (bicyclic) bond motifs is 1. The maximum absolute atomic E-state index is 6.14. The third-order valence-electron chi connectivity index (χ3n) is 2.54. The summed E-state index contributed by atoms with van der Waals surface area (Å²) in [4.78, 5) is 0. The molecule has 0 aliphatic heterocycles. The van der Waals surface area contributed by atoms with E-state index in [2.05, 4.69) is 19.1 Å². The highest BCUT2D eigenvalue weighted by Crippen LogP contribution is 2.29. The first-order valence-electron chi connectivity index (χ1n) is 5.09. The van der Waals surface area contributed by atoms with Gasteiger partial charge >= 0.3 is 0 Å². The van der Waals surface area contributed by atoms with Gasteiger partial charge in [-0.1, -0.05) is 48.7 Å². The van der Waals surface area contributed by atoms with E-state index in [9.17, 15) is 0 Å². The first-order chi connectivity index (χ1) is 7.22. The molecule has 0 N–H and O–H groups in total. The van der Waals surface area contributed by atoms with E-state index < -0.39 is 0 Å². The molecule has 2 heteroatoms. The molecule has 0 spiro atoms. The summed E-state index contributed by atoms with van der Waals surface area (Å²) < 4.78 is 0. The summed E-state index contributed by atoms with van der Waals surface area (Å²) in [6.45, 7) is 2.18. The smallest absolute Gasteiger partial charge is 0.0485 e. The molecule has 0 fully saturated rings. The highest BCUT2D eigenvalue weighted by atomic mass is 35.5. The minimum Gasteiger partial charge on any atom is -0.0843 e. The van der Waals surface area contributed by atoms with Crippen LogP contribution in [0, 0.1) is 0 Å². The van der Waals surface area contributed by atoms with Crippen LogP contribution in [0.5, 0.6) is 0 Å². The van der Waals surface area contributed by atoms with Crippen molar-refractivity contribution in [3.63, 3.8) is 0 Å². The van der Waals surface area contributed by atoms with Crippen LogP contribution in [0.4, 0.5) is 0 Å². The zero-order valence-corrected chi connectivity index (χ0v) is 10.1. The maximum Gasteiger partial charge on any atom is 0.0485 e. The molecule has 0 aromatic heterocycles. The molecule has 0 unspecified atom stereocenters. The summed E-state index contributed by atoms with van der Waals surface area (Å²) in [5.74, 6) is 0. The van der Waals surface area contributed by atoms with Crippen molar-refractivity contribution in [3.05, 3.63) is 45.9 Å². The van der Waals surface area contributed by atoms with Crippen LogP contribution in [0.25, 0.3) is 10.8 Å². The number of aryl methyl sites for hydroxylation is 1. The van der Waals surface area contributed by atoms with E-state index in [0.717, 1.165) is 28.3 Å². The average molecular weight is 239 g/mol. The summed E-state index contributed by atoms with van der Waals surface area (Å²) in [6, 6.07) is 9.94. The van der Waals surface area contributed by atoms with Crippen molar-refractivity contribution in [2.24, 2.45) is 0 Å². The van der Waals surface area contributed by atoms with Gasteiger partial charge in [0.25, 0.3) is 0 Å². The van der Waals surface area contributed by atoms with Gasteiger partial charge in [-0.2, -0.15) is 0 Å². The van der Waals surface area contributed by atoms with Crippen LogP contribution in [0.1, 0.15) is 18.9 Å². The molecule has 0 aliphatic rings. The number of benzene rings is 2. The van der Waals surface area contributed by atoms with Crippen molar-refractivity contribution in [1.29, 1.82) is 0 Å². The Hall–Kier alpha value is -0.720. The van der Waals surface area contributed by atoms with Crippen molar-refractivity contribution < 1.29 is 0 Å². The van der Waals surface area contributed by atoms with E-state index in [1.165, 1.54) is 10.9 Å². The molecule has 0 radical (unpaired) electrons. The number of hydrogen-bond donors (Lipinski definition) is 0. The Balaban J connectivity index is 2.71. The zero-order valence-electron chi connectivity index (χ0n) is 8.56. The predicted molar refractivity (Wildman–Crippen MR) is 68.0 cm³/mol. The Morgan fingerprint density at radius 3 is 2.53 bits per heavy atom. The summed E-state index contributed by atoms with van der Waals surface area (Å²) in [5, 5.41) is 3.77. The maximum atomic E-state index is 6.14. The van der Waals surface area contributed by atoms with Crippen LogP contribution in [-0.2, 0) is 6.42 Å². The third kappa shape index (κ3) is 2.11. The lowest BCUT2D eigenvalue weighted by Crippen LogP contribution is -1.86. The third-order valence-corrected chi connectivity index (χ3v) is 3.10. The summed E-state index contributed by atoms with van der Waals surface area (Å²) >= 11 is 12.1. The minimum atomic E-state index is 0.734. The summed E-state index contributed by atoms with van der Waals surface area (Å²) in [5.41, 5.74) is 1.34. The molecule has 0 nitrogen and oxygen atoms in total. The highest BCUT2D eigenvalue weighted by molar-refractivity contribution is 6.37. The second-order valence-electron chi connectivity index (χ2n) is 3.65. The molecular formula is C13H12Cl2. The Morgan fingerprint density at radius 1 is 1.00 bits per heavy atom. The molecule has 0 saturated carbocycles. The first kappa shape index (κ1) is 10.8. The highest BCUT2D eigenvalue weighted by Gasteiger charge is 2.04. The van der Waals surface area contributed by atoms with Crippen LogP contribution in [0.15, 0.2) is 30.3 Å². The van der Waals surface area contributed by atoms with Crippen molar-refractivity contribution in [2.75, 3.05) is 0 Å². The topological polar surface area (TPSA) is 0 Å². The molecule has 78 valence electrons. The van der Waals surface area contributed by atoms with Gasteiger partial charge in [0, 0.05) is 15.4 Å². The second kappa shape index (κ2) is 4.42. The van der Waals surface area contributed by atoms with E-state index in [1.54, 1.807) is 0 Å². The number of halogens is 2. The van der Waals surface area contributed by atoms with E-state index in [-0.39, 0.29) is 0 Å². The van der Waals surface area contributed by atoms with Crippen molar-refractivity contribution >= 4 is 34.0 Å². The average Bonchev–Trinajstić information content (AvgIpc) is 2.23. The Morgan fingerprint density at radius 2 is 1.80 bits per heavy atom. The van der Waals surface area contributed by atoms with Crippen LogP contribution in [0.3, 0.4) is 0 Å². The van der Waals surface area contributed by atoms with Crippen molar-refractivity contribution in [3.8, 4) is 0 Å². The van der Waals surface area contributed by atoms with Gasteiger partial charge in [0.2, 0.25) is 0 Å². The SMILES string of the molecule is CCCc1ccc(Cl)c2cc(Cl)ccc12. The number of rotatable bonds is 2. The fourth-order valence-corrected chi connectivity index (χ4v) is 2.23. The molecule has 2 aromatic carbocycles. The molecular weight excluding hydrogens is 227 g/mol. The fourth-order valence-electron chi connectivity index (χ4n) is 1.83. The monoisotopic (exact) mass is 238 g/mol. The lowest BCUT2D eigenvalue weighted by molar-refractivity contribution is 0.930. The molecule has 0 atom stereocenters. The van der Waals surface area contributed by atoms with Crippen LogP contribution >= 0.6 is 23.2 Å². The van der Waals surface area contributed by atoms with Gasteiger partial charge in [-0.05, 0) is 35.6 Å². The van der Waals surface area contributed by atoms with Gasteiger partial charge in [-0.25, -0.2) is 0 Å². The lowest BCUT2D eigenvalue weighted by atomic mass is 10.0. The van der Waals surface area contributed by atoms with Gasteiger partial charge in [0.1, 0.15) is 0 Å². The van der Waals surface area contributed by atoms with Crippen LogP contribution in [0.2, 0.25) is 10.0 Å². The van der Waals surface area contributed by atoms with Crippen LogP contribution < -0.4 is 0 Å². The second-order valence-corrected chi connectivity index (χ2v) is 4.49. The predicted octanol–water partition coefficient (Wildman–Crippen LogP) is 5.10. The normalized spacial score (nSPS) is 10.9. The fraction of sp³-hybridized carbons (Fsp3) is 0.231. The van der Waals surface area contributed by atoms with E-state index in [4.69, 9.17) is 23.2 Å². The largest absolute Gasteiger partial charge is 0.0843 e. The first-order valence-corrected chi connectivity index (χ1v) is 5.84. The summed E-state index contributed by atoms with van der Waals surface area (Å²) in [6.07, 6.45) is 2.22. The minimum absolute atomic E-state index is 0.734. The molecule has 15 heavy (non-hydrogen) atoms. The zero-order chi connectivity index (χ0) is 10.8. The Labute approximate surface area is 99.8 Å². The van der Waals surface area contributed by atoms with Gasteiger partial charge in [-0.3, -0.25) is 0 Å². The molecule has 0 saturated heterocycles. The standard InChI is InChI=1S/C13H12Cl2/c1-2-3-9-4-7-13(15)12-8-10(14)5-6-11(9)12/h4-8H,2-3H2,1H3. The Bertz CT molecular complexity index is 489. The molecule has 2 aromatic rings. The quantitative estimate of drug-likeness (QED) is 0.683. The lowest BCUT2D eigenvalue weighted by Gasteiger charge is -2.07. The molecule has 0 heterocycles.